The van der Waals surface area contributed by atoms with E-state index in [-0.39, 0.29) is 19.1 Å². The molecular formula is C14H22F2N2O3. The summed E-state index contributed by atoms with van der Waals surface area (Å²) < 4.78 is 31.9. The third-order valence-electron chi connectivity index (χ3n) is 4.02. The van der Waals surface area contributed by atoms with Crippen LogP contribution in [0.1, 0.15) is 32.6 Å². The van der Waals surface area contributed by atoms with Gasteiger partial charge in [-0.25, -0.2) is 8.78 Å². The second kappa shape index (κ2) is 6.68. The predicted molar refractivity (Wildman–Crippen MR) is 71.9 cm³/mol. The molecule has 2 amide bonds. The Morgan fingerprint density at radius 2 is 2.14 bits per heavy atom. The minimum absolute atomic E-state index is 0.0948. The lowest BCUT2D eigenvalue weighted by Gasteiger charge is -2.32. The zero-order valence-electron chi connectivity index (χ0n) is 12.2. The van der Waals surface area contributed by atoms with Crippen molar-refractivity contribution in [1.29, 1.82) is 0 Å². The Kier molecular flexibility index (Phi) is 5.13. The van der Waals surface area contributed by atoms with E-state index in [1.54, 1.807) is 0 Å². The topological polar surface area (TPSA) is 58.6 Å². The largest absolute Gasteiger partial charge is 0.373 e. The zero-order valence-corrected chi connectivity index (χ0v) is 12.2. The molecule has 2 rings (SSSR count). The molecule has 1 atom stereocenters. The van der Waals surface area contributed by atoms with Crippen LogP contribution >= 0.6 is 0 Å². The van der Waals surface area contributed by atoms with Crippen molar-refractivity contribution < 1.29 is 23.1 Å². The van der Waals surface area contributed by atoms with E-state index in [1.807, 2.05) is 0 Å². The number of rotatable bonds is 4. The summed E-state index contributed by atoms with van der Waals surface area (Å²) in [7, 11) is 0. The van der Waals surface area contributed by atoms with Crippen LogP contribution in [0.15, 0.2) is 0 Å². The lowest BCUT2D eigenvalue weighted by Crippen LogP contribution is -2.52. The van der Waals surface area contributed by atoms with E-state index in [9.17, 15) is 18.4 Å². The van der Waals surface area contributed by atoms with Gasteiger partial charge in [-0.1, -0.05) is 19.3 Å². The van der Waals surface area contributed by atoms with Crippen molar-refractivity contribution in [2.45, 2.75) is 44.6 Å². The normalized spacial score (nSPS) is 23.9. The molecule has 7 heteroatoms. The van der Waals surface area contributed by atoms with Crippen molar-refractivity contribution in [2.75, 3.05) is 26.3 Å². The summed E-state index contributed by atoms with van der Waals surface area (Å²) in [5, 5.41) is 2.61. The summed E-state index contributed by atoms with van der Waals surface area (Å²) in [6, 6.07) is -0.707. The fourth-order valence-corrected chi connectivity index (χ4v) is 2.74. The van der Waals surface area contributed by atoms with Crippen LogP contribution in [0.3, 0.4) is 0 Å². The van der Waals surface area contributed by atoms with Gasteiger partial charge in [-0.05, 0) is 12.3 Å². The van der Waals surface area contributed by atoms with E-state index < -0.39 is 31.0 Å². The Morgan fingerprint density at radius 3 is 2.71 bits per heavy atom. The fraction of sp³-hybridized carbons (Fsp3) is 0.857. The van der Waals surface area contributed by atoms with E-state index in [0.29, 0.717) is 12.3 Å². The van der Waals surface area contributed by atoms with Crippen LogP contribution in [0, 0.1) is 5.92 Å². The fourth-order valence-electron chi connectivity index (χ4n) is 2.74. The molecule has 0 unspecified atom stereocenters. The number of hydrogen-bond donors (Lipinski definition) is 1. The highest BCUT2D eigenvalue weighted by Crippen LogP contribution is 2.31. The highest BCUT2D eigenvalue weighted by atomic mass is 19.3. The number of alkyl halides is 2. The summed E-state index contributed by atoms with van der Waals surface area (Å²) in [6.07, 6.45) is 3.72. The highest BCUT2D eigenvalue weighted by molar-refractivity contribution is 5.87. The average molecular weight is 304 g/mol. The molecule has 0 bridgehead atoms. The van der Waals surface area contributed by atoms with Gasteiger partial charge in [0, 0.05) is 13.5 Å². The number of nitrogens with one attached hydrogen (secondary N) is 1. The number of hydrogen-bond acceptors (Lipinski definition) is 3. The monoisotopic (exact) mass is 304 g/mol. The number of amides is 2. The number of ether oxygens (including phenoxy) is 1. The van der Waals surface area contributed by atoms with Crippen molar-refractivity contribution in [2.24, 2.45) is 5.92 Å². The first kappa shape index (κ1) is 16.1. The van der Waals surface area contributed by atoms with Crippen molar-refractivity contribution in [3.8, 4) is 0 Å². The van der Waals surface area contributed by atoms with Crippen molar-refractivity contribution in [3.05, 3.63) is 0 Å². The molecule has 120 valence electrons. The second-order valence-corrected chi connectivity index (χ2v) is 5.95. The van der Waals surface area contributed by atoms with Crippen LogP contribution in [0.4, 0.5) is 8.78 Å². The third-order valence-corrected chi connectivity index (χ3v) is 4.02. The van der Waals surface area contributed by atoms with Gasteiger partial charge in [0.2, 0.25) is 11.8 Å². The molecule has 2 fully saturated rings. The van der Waals surface area contributed by atoms with Crippen LogP contribution in [-0.2, 0) is 14.3 Å². The molecule has 2 aliphatic rings. The standard InChI is InChI=1S/C14H22F2N2O3/c1-10(19)17-12(7-11-3-2-4-11)13(20)18-5-6-21-9-14(15,16)8-18/h11-12H,2-9H2,1H3,(H,17,19)/t12-/m1/s1. The van der Waals surface area contributed by atoms with Crippen molar-refractivity contribution >= 4 is 11.8 Å². The van der Waals surface area contributed by atoms with Crippen LogP contribution in [0.2, 0.25) is 0 Å². The number of carbonyl (C=O) groups is 2. The first-order chi connectivity index (χ1) is 9.87. The maximum Gasteiger partial charge on any atom is 0.288 e. The van der Waals surface area contributed by atoms with E-state index in [1.165, 1.54) is 6.92 Å². The van der Waals surface area contributed by atoms with Gasteiger partial charge in [0.05, 0.1) is 13.2 Å². The SMILES string of the molecule is CC(=O)N[C@H](CC1CCC1)C(=O)N1CCOCC(F)(F)C1. The molecular weight excluding hydrogens is 282 g/mol. The Labute approximate surface area is 123 Å². The molecule has 1 heterocycles. The lowest BCUT2D eigenvalue weighted by atomic mass is 9.80. The molecule has 0 aromatic carbocycles. The maximum absolute atomic E-state index is 13.5. The molecule has 0 spiro atoms. The first-order valence-corrected chi connectivity index (χ1v) is 7.39. The Morgan fingerprint density at radius 1 is 1.43 bits per heavy atom. The van der Waals surface area contributed by atoms with Gasteiger partial charge in [0.1, 0.15) is 12.6 Å². The first-order valence-electron chi connectivity index (χ1n) is 7.39. The molecule has 0 aromatic heterocycles. The molecule has 0 radical (unpaired) electrons. The van der Waals surface area contributed by atoms with Gasteiger partial charge in [-0.2, -0.15) is 0 Å². The van der Waals surface area contributed by atoms with Crippen molar-refractivity contribution in [1.82, 2.24) is 10.2 Å². The van der Waals surface area contributed by atoms with Gasteiger partial charge in [0.15, 0.2) is 0 Å². The molecule has 1 aliphatic carbocycles. The summed E-state index contributed by atoms with van der Waals surface area (Å²) in [6.45, 7) is 0.255. The van der Waals surface area contributed by atoms with Crippen LogP contribution in [-0.4, -0.2) is 55.0 Å². The quantitative estimate of drug-likeness (QED) is 0.848. The molecule has 1 N–H and O–H groups in total. The second-order valence-electron chi connectivity index (χ2n) is 5.95. The lowest BCUT2D eigenvalue weighted by molar-refractivity contribution is -0.140. The van der Waals surface area contributed by atoms with Crippen LogP contribution < -0.4 is 5.32 Å². The maximum atomic E-state index is 13.5. The van der Waals surface area contributed by atoms with Crippen LogP contribution in [0.25, 0.3) is 0 Å². The Hall–Kier alpha value is -1.24. The van der Waals surface area contributed by atoms with Gasteiger partial charge in [-0.3, -0.25) is 9.59 Å². The molecule has 1 saturated carbocycles. The summed E-state index contributed by atoms with van der Waals surface area (Å²) in [5.41, 5.74) is 0. The zero-order chi connectivity index (χ0) is 15.5. The summed E-state index contributed by atoms with van der Waals surface area (Å²) in [4.78, 5) is 24.9. The number of halogens is 2. The van der Waals surface area contributed by atoms with Crippen molar-refractivity contribution in [3.63, 3.8) is 0 Å². The number of nitrogens with zero attached hydrogens (tertiary/aromatic N) is 1. The molecule has 1 saturated heterocycles. The molecule has 5 nitrogen and oxygen atoms in total. The van der Waals surface area contributed by atoms with Crippen LogP contribution in [0.5, 0.6) is 0 Å². The highest BCUT2D eigenvalue weighted by Gasteiger charge is 2.39. The number of carbonyl (C=O) groups excluding carboxylic acids is 2. The van der Waals surface area contributed by atoms with Gasteiger partial charge < -0.3 is 15.0 Å². The van der Waals surface area contributed by atoms with Gasteiger partial charge >= 0.3 is 0 Å². The minimum Gasteiger partial charge on any atom is -0.373 e. The van der Waals surface area contributed by atoms with E-state index in [4.69, 9.17) is 4.74 Å². The molecule has 0 aromatic rings. The average Bonchev–Trinajstić information content (AvgIpc) is 2.51. The molecule has 21 heavy (non-hydrogen) atoms. The van der Waals surface area contributed by atoms with Gasteiger partial charge in [0.25, 0.3) is 5.92 Å². The minimum atomic E-state index is -3.04. The summed E-state index contributed by atoms with van der Waals surface area (Å²) in [5.74, 6) is -3.38. The Balaban J connectivity index is 2.02. The summed E-state index contributed by atoms with van der Waals surface area (Å²) >= 11 is 0. The smallest absolute Gasteiger partial charge is 0.288 e. The predicted octanol–water partition coefficient (Wildman–Crippen LogP) is 1.18. The van der Waals surface area contributed by atoms with E-state index in [0.717, 1.165) is 24.2 Å². The van der Waals surface area contributed by atoms with Gasteiger partial charge in [-0.15, -0.1) is 0 Å². The third kappa shape index (κ3) is 4.62. The van der Waals surface area contributed by atoms with E-state index >= 15 is 0 Å². The van der Waals surface area contributed by atoms with E-state index in [2.05, 4.69) is 5.32 Å². The molecule has 1 aliphatic heterocycles. The Bertz CT molecular complexity index is 400.